The molecule has 1 aromatic carbocycles. The van der Waals surface area contributed by atoms with Gasteiger partial charge in [0.25, 0.3) is 0 Å². The zero-order chi connectivity index (χ0) is 14.3. The molecular formula is C15H18N4O. The molecule has 0 spiro atoms. The first kappa shape index (κ1) is 12.7. The topological polar surface area (TPSA) is 44.8 Å². The van der Waals surface area contributed by atoms with Crippen molar-refractivity contribution < 1.29 is 0 Å². The molecule has 0 saturated carbocycles. The molecule has 0 radical (unpaired) electrons. The van der Waals surface area contributed by atoms with Gasteiger partial charge >= 0.3 is 5.69 Å². The van der Waals surface area contributed by atoms with E-state index in [2.05, 4.69) is 23.4 Å². The van der Waals surface area contributed by atoms with Crippen molar-refractivity contribution in [2.45, 2.75) is 26.4 Å². The van der Waals surface area contributed by atoms with E-state index in [1.54, 1.807) is 16.2 Å². The fourth-order valence-corrected chi connectivity index (χ4v) is 2.60. The summed E-state index contributed by atoms with van der Waals surface area (Å²) >= 11 is 0. The van der Waals surface area contributed by atoms with E-state index in [0.717, 1.165) is 16.7 Å². The number of hydrogen-bond donors (Lipinski definition) is 0. The summed E-state index contributed by atoms with van der Waals surface area (Å²) < 4.78 is 5.57. The maximum atomic E-state index is 12.4. The molecule has 2 heterocycles. The molecule has 0 fully saturated rings. The standard InChI is InChI=1S/C15H18N4O/c1-11(2)19-10-16-8-12(19)9-18-14-7-5-4-6-13(14)17(3)15(18)20/h4-8,10-11H,9H2,1-3H3. The van der Waals surface area contributed by atoms with Crippen LogP contribution >= 0.6 is 0 Å². The number of rotatable bonds is 3. The SMILES string of the molecule is CC(C)n1cncc1Cn1c(=O)n(C)c2ccccc21. The van der Waals surface area contributed by atoms with Crippen molar-refractivity contribution in [3.05, 3.63) is 53.0 Å². The van der Waals surface area contributed by atoms with E-state index in [-0.39, 0.29) is 5.69 Å². The largest absolute Gasteiger partial charge is 0.330 e. The van der Waals surface area contributed by atoms with Crippen molar-refractivity contribution in [1.29, 1.82) is 0 Å². The summed E-state index contributed by atoms with van der Waals surface area (Å²) in [6.45, 7) is 4.76. The molecule has 0 aliphatic rings. The lowest BCUT2D eigenvalue weighted by atomic mass is 10.3. The third-order valence-corrected chi connectivity index (χ3v) is 3.67. The first-order chi connectivity index (χ1) is 9.59. The Morgan fingerprint density at radius 1 is 1.20 bits per heavy atom. The number of aromatic nitrogens is 4. The van der Waals surface area contributed by atoms with Crippen LogP contribution in [0.25, 0.3) is 11.0 Å². The second-order valence-electron chi connectivity index (χ2n) is 5.30. The van der Waals surface area contributed by atoms with E-state index in [4.69, 9.17) is 0 Å². The first-order valence-electron chi connectivity index (χ1n) is 6.74. The minimum atomic E-state index is 0.00251. The van der Waals surface area contributed by atoms with Crippen LogP contribution in [0.4, 0.5) is 0 Å². The Bertz CT molecular complexity index is 807. The normalized spacial score (nSPS) is 11.6. The van der Waals surface area contributed by atoms with E-state index in [1.165, 1.54) is 0 Å². The lowest BCUT2D eigenvalue weighted by Gasteiger charge is -2.12. The highest BCUT2D eigenvalue weighted by atomic mass is 16.1. The fraction of sp³-hybridized carbons (Fsp3) is 0.333. The van der Waals surface area contributed by atoms with E-state index >= 15 is 0 Å². The predicted octanol–water partition coefficient (Wildman–Crippen LogP) is 2.17. The number of para-hydroxylation sites is 2. The third kappa shape index (κ3) is 1.86. The second-order valence-corrected chi connectivity index (χ2v) is 5.30. The van der Waals surface area contributed by atoms with Crippen LogP contribution in [-0.4, -0.2) is 18.7 Å². The Morgan fingerprint density at radius 2 is 1.90 bits per heavy atom. The molecular weight excluding hydrogens is 252 g/mol. The van der Waals surface area contributed by atoms with E-state index in [1.807, 2.05) is 36.8 Å². The van der Waals surface area contributed by atoms with Crippen LogP contribution in [0.3, 0.4) is 0 Å². The van der Waals surface area contributed by atoms with Gasteiger partial charge in [-0.3, -0.25) is 9.13 Å². The van der Waals surface area contributed by atoms with Gasteiger partial charge in [-0.1, -0.05) is 12.1 Å². The molecule has 5 nitrogen and oxygen atoms in total. The highest BCUT2D eigenvalue weighted by Crippen LogP contribution is 2.15. The highest BCUT2D eigenvalue weighted by molar-refractivity contribution is 5.75. The summed E-state index contributed by atoms with van der Waals surface area (Å²) in [4.78, 5) is 16.6. The average molecular weight is 270 g/mol. The van der Waals surface area contributed by atoms with E-state index in [0.29, 0.717) is 12.6 Å². The monoisotopic (exact) mass is 270 g/mol. The summed E-state index contributed by atoms with van der Waals surface area (Å²) in [5.74, 6) is 0. The molecule has 2 aromatic heterocycles. The van der Waals surface area contributed by atoms with E-state index < -0.39 is 0 Å². The molecule has 0 aliphatic carbocycles. The number of benzene rings is 1. The molecule has 0 unspecified atom stereocenters. The third-order valence-electron chi connectivity index (χ3n) is 3.67. The molecule has 3 aromatic rings. The van der Waals surface area contributed by atoms with Crippen LogP contribution in [-0.2, 0) is 13.6 Å². The van der Waals surface area contributed by atoms with Crippen molar-refractivity contribution in [3.8, 4) is 0 Å². The van der Waals surface area contributed by atoms with Crippen LogP contribution in [0, 0.1) is 0 Å². The average Bonchev–Trinajstić information content (AvgIpc) is 2.99. The summed E-state index contributed by atoms with van der Waals surface area (Å²) in [5.41, 5.74) is 2.95. The number of aryl methyl sites for hydroxylation is 1. The van der Waals surface area contributed by atoms with Gasteiger partial charge in [-0.2, -0.15) is 0 Å². The van der Waals surface area contributed by atoms with Crippen molar-refractivity contribution >= 4 is 11.0 Å². The number of nitrogens with zero attached hydrogens (tertiary/aromatic N) is 4. The molecule has 0 atom stereocenters. The first-order valence-corrected chi connectivity index (χ1v) is 6.74. The number of imidazole rings is 2. The summed E-state index contributed by atoms with van der Waals surface area (Å²) in [6.07, 6.45) is 3.64. The zero-order valence-corrected chi connectivity index (χ0v) is 11.9. The molecule has 0 amide bonds. The minimum absolute atomic E-state index is 0.00251. The van der Waals surface area contributed by atoms with Crippen LogP contribution in [0.15, 0.2) is 41.6 Å². The molecule has 104 valence electrons. The minimum Gasteiger partial charge on any atom is -0.330 e. The maximum Gasteiger partial charge on any atom is 0.329 e. The summed E-state index contributed by atoms with van der Waals surface area (Å²) in [6, 6.07) is 8.18. The van der Waals surface area contributed by atoms with Gasteiger partial charge in [-0.05, 0) is 26.0 Å². The van der Waals surface area contributed by atoms with Gasteiger partial charge < -0.3 is 4.57 Å². The zero-order valence-electron chi connectivity index (χ0n) is 11.9. The lowest BCUT2D eigenvalue weighted by molar-refractivity contribution is 0.559. The molecule has 0 aliphatic heterocycles. The van der Waals surface area contributed by atoms with Crippen molar-refractivity contribution in [2.75, 3.05) is 0 Å². The number of fused-ring (bicyclic) bond motifs is 1. The van der Waals surface area contributed by atoms with Gasteiger partial charge in [-0.15, -0.1) is 0 Å². The molecule has 0 saturated heterocycles. The molecule has 0 N–H and O–H groups in total. The van der Waals surface area contributed by atoms with Crippen LogP contribution < -0.4 is 5.69 Å². The van der Waals surface area contributed by atoms with Gasteiger partial charge in [0.1, 0.15) is 0 Å². The summed E-state index contributed by atoms with van der Waals surface area (Å²) in [7, 11) is 1.81. The Morgan fingerprint density at radius 3 is 2.60 bits per heavy atom. The molecule has 0 bridgehead atoms. The molecule has 5 heteroatoms. The van der Waals surface area contributed by atoms with Crippen molar-refractivity contribution in [1.82, 2.24) is 18.7 Å². The Balaban J connectivity index is 2.14. The van der Waals surface area contributed by atoms with Crippen molar-refractivity contribution in [2.24, 2.45) is 7.05 Å². The Hall–Kier alpha value is -2.30. The lowest BCUT2D eigenvalue weighted by Crippen LogP contribution is -2.23. The molecule has 20 heavy (non-hydrogen) atoms. The van der Waals surface area contributed by atoms with Crippen molar-refractivity contribution in [3.63, 3.8) is 0 Å². The van der Waals surface area contributed by atoms with Gasteiger partial charge in [0.15, 0.2) is 0 Å². The van der Waals surface area contributed by atoms with Crippen LogP contribution in [0.2, 0.25) is 0 Å². The second kappa shape index (κ2) is 4.67. The Kier molecular flexibility index (Phi) is 2.97. The van der Waals surface area contributed by atoms with E-state index in [9.17, 15) is 4.79 Å². The fourth-order valence-electron chi connectivity index (χ4n) is 2.60. The van der Waals surface area contributed by atoms with Gasteiger partial charge in [-0.25, -0.2) is 9.78 Å². The molecule has 3 rings (SSSR count). The quantitative estimate of drug-likeness (QED) is 0.732. The van der Waals surface area contributed by atoms with Gasteiger partial charge in [0.2, 0.25) is 0 Å². The van der Waals surface area contributed by atoms with Crippen LogP contribution in [0.1, 0.15) is 25.6 Å². The van der Waals surface area contributed by atoms with Gasteiger partial charge in [0.05, 0.1) is 29.6 Å². The highest BCUT2D eigenvalue weighted by Gasteiger charge is 2.13. The number of hydrogen-bond acceptors (Lipinski definition) is 2. The maximum absolute atomic E-state index is 12.4. The van der Waals surface area contributed by atoms with Crippen LogP contribution in [0.5, 0.6) is 0 Å². The smallest absolute Gasteiger partial charge is 0.329 e. The predicted molar refractivity (Wildman–Crippen MR) is 78.9 cm³/mol. The Labute approximate surface area is 117 Å². The van der Waals surface area contributed by atoms with Gasteiger partial charge in [0, 0.05) is 19.3 Å². The summed E-state index contributed by atoms with van der Waals surface area (Å²) in [5, 5.41) is 0.